The topological polar surface area (TPSA) is 12.9 Å². The number of nitrogens with zero attached hydrogens (tertiary/aromatic N) is 1. The van der Waals surface area contributed by atoms with E-state index in [-0.39, 0.29) is 0 Å². The number of pyridine rings is 1. The van der Waals surface area contributed by atoms with E-state index in [4.69, 9.17) is 4.98 Å². The Balaban J connectivity index is 1.28. The first kappa shape index (κ1) is 23.5. The third-order valence-corrected chi connectivity index (χ3v) is 8.90. The summed E-state index contributed by atoms with van der Waals surface area (Å²) >= 11 is 0. The molecule has 1 nitrogen and oxygen atoms in total. The fourth-order valence-corrected chi connectivity index (χ4v) is 6.45. The molecular weight excluding hydrogens is 386 g/mol. The van der Waals surface area contributed by atoms with E-state index >= 15 is 0 Å². The highest BCUT2D eigenvalue weighted by atomic mass is 14.7. The van der Waals surface area contributed by atoms with Crippen molar-refractivity contribution in [3.05, 3.63) is 65.0 Å². The fourth-order valence-electron chi connectivity index (χ4n) is 6.45. The Hall–Kier alpha value is -1.63. The molecule has 0 saturated heterocycles. The fraction of sp³-hybridized carbons (Fsp3) is 0.645. The molecule has 0 spiro atoms. The van der Waals surface area contributed by atoms with E-state index in [9.17, 15) is 0 Å². The first-order chi connectivity index (χ1) is 15.7. The standard InChI is InChI=1S/C31H45N/c1-3-5-7-9-27-13-17-29(32-25-27)16-12-26-10-14-28(15-11-26)31-22-19-30(20-23-31,21-24-31)18-8-6-4-2/h10-11,13-15,17,25H,3-9,12,16,18-24H2,1-2H3. The van der Waals surface area contributed by atoms with E-state index in [0.29, 0.717) is 10.8 Å². The SMILES string of the molecule is CCCCCc1ccc(CCc2ccc(C34CCC(CCCCC)(CC3)CC4)cc2)nc1. The van der Waals surface area contributed by atoms with Gasteiger partial charge in [-0.1, -0.05) is 76.3 Å². The summed E-state index contributed by atoms with van der Waals surface area (Å²) in [5.74, 6) is 0. The van der Waals surface area contributed by atoms with Gasteiger partial charge in [-0.05, 0) is 104 Å². The van der Waals surface area contributed by atoms with Gasteiger partial charge in [0.05, 0.1) is 0 Å². The van der Waals surface area contributed by atoms with Crippen LogP contribution in [0.3, 0.4) is 0 Å². The van der Waals surface area contributed by atoms with Crippen molar-refractivity contribution in [2.75, 3.05) is 0 Å². The van der Waals surface area contributed by atoms with Gasteiger partial charge in [-0.2, -0.15) is 0 Å². The lowest BCUT2D eigenvalue weighted by atomic mass is 9.51. The zero-order valence-corrected chi connectivity index (χ0v) is 20.8. The average molecular weight is 432 g/mol. The number of unbranched alkanes of at least 4 members (excludes halogenated alkanes) is 4. The highest BCUT2D eigenvalue weighted by molar-refractivity contribution is 5.32. The zero-order chi connectivity index (χ0) is 22.3. The number of aromatic nitrogens is 1. The largest absolute Gasteiger partial charge is 0.261 e. The van der Waals surface area contributed by atoms with E-state index in [1.54, 1.807) is 5.56 Å². The first-order valence-electron chi connectivity index (χ1n) is 13.7. The van der Waals surface area contributed by atoms with Gasteiger partial charge in [0.25, 0.3) is 0 Å². The molecule has 174 valence electrons. The van der Waals surface area contributed by atoms with Crippen LogP contribution >= 0.6 is 0 Å². The van der Waals surface area contributed by atoms with Crippen molar-refractivity contribution < 1.29 is 0 Å². The number of aryl methyl sites for hydroxylation is 3. The second-order valence-electron chi connectivity index (χ2n) is 11.0. The van der Waals surface area contributed by atoms with E-state index in [0.717, 1.165) is 12.8 Å². The minimum atomic E-state index is 0.486. The van der Waals surface area contributed by atoms with E-state index in [1.165, 1.54) is 107 Å². The highest BCUT2D eigenvalue weighted by Gasteiger charge is 2.48. The van der Waals surface area contributed by atoms with E-state index in [1.807, 2.05) is 0 Å². The zero-order valence-electron chi connectivity index (χ0n) is 20.8. The smallest absolute Gasteiger partial charge is 0.0407 e. The van der Waals surface area contributed by atoms with Crippen LogP contribution in [0.2, 0.25) is 0 Å². The Morgan fingerprint density at radius 1 is 0.656 bits per heavy atom. The van der Waals surface area contributed by atoms with Gasteiger partial charge in [0.15, 0.2) is 0 Å². The molecule has 3 aliphatic rings. The summed E-state index contributed by atoms with van der Waals surface area (Å²) in [4.78, 5) is 4.73. The summed E-state index contributed by atoms with van der Waals surface area (Å²) < 4.78 is 0. The summed E-state index contributed by atoms with van der Waals surface area (Å²) in [5.41, 5.74) is 6.89. The molecule has 1 heteroatoms. The molecule has 1 aromatic carbocycles. The molecule has 0 aliphatic heterocycles. The molecule has 5 rings (SSSR count). The van der Waals surface area contributed by atoms with Crippen LogP contribution in [0.25, 0.3) is 0 Å². The summed E-state index contributed by atoms with van der Waals surface area (Å²) in [6, 6.07) is 14.3. The third-order valence-electron chi connectivity index (χ3n) is 8.90. The van der Waals surface area contributed by atoms with E-state index in [2.05, 4.69) is 56.4 Å². The molecule has 3 fully saturated rings. The van der Waals surface area contributed by atoms with Crippen molar-refractivity contribution in [2.45, 2.75) is 122 Å². The summed E-state index contributed by atoms with van der Waals surface area (Å²) in [7, 11) is 0. The molecular formula is C31H45N. The summed E-state index contributed by atoms with van der Waals surface area (Å²) in [6.07, 6.45) is 23.7. The Labute approximate surface area is 197 Å². The number of benzene rings is 1. The molecule has 0 N–H and O–H groups in total. The normalized spacial score (nSPS) is 24.7. The Kier molecular flexibility index (Phi) is 8.08. The highest BCUT2D eigenvalue weighted by Crippen LogP contribution is 2.59. The summed E-state index contributed by atoms with van der Waals surface area (Å²) in [6.45, 7) is 4.59. The molecule has 3 saturated carbocycles. The lowest BCUT2D eigenvalue weighted by Crippen LogP contribution is -2.44. The molecule has 0 atom stereocenters. The van der Waals surface area contributed by atoms with Crippen molar-refractivity contribution >= 4 is 0 Å². The van der Waals surface area contributed by atoms with Crippen LogP contribution in [0.5, 0.6) is 0 Å². The van der Waals surface area contributed by atoms with Crippen molar-refractivity contribution in [1.82, 2.24) is 4.98 Å². The predicted octanol–water partition coefficient (Wildman–Crippen LogP) is 8.77. The van der Waals surface area contributed by atoms with Gasteiger partial charge in [-0.3, -0.25) is 4.98 Å². The van der Waals surface area contributed by atoms with Crippen LogP contribution in [0.4, 0.5) is 0 Å². The first-order valence-corrected chi connectivity index (χ1v) is 13.7. The quantitative estimate of drug-likeness (QED) is 0.306. The molecule has 0 amide bonds. The second-order valence-corrected chi connectivity index (χ2v) is 11.0. The average Bonchev–Trinajstić information content (AvgIpc) is 2.85. The van der Waals surface area contributed by atoms with Crippen molar-refractivity contribution in [3.63, 3.8) is 0 Å². The molecule has 3 aliphatic carbocycles. The van der Waals surface area contributed by atoms with Crippen LogP contribution in [-0.2, 0) is 24.7 Å². The van der Waals surface area contributed by atoms with Gasteiger partial charge in [-0.25, -0.2) is 0 Å². The maximum absolute atomic E-state index is 4.73. The molecule has 0 unspecified atom stereocenters. The number of rotatable bonds is 12. The molecule has 2 aromatic rings. The van der Waals surface area contributed by atoms with Crippen LogP contribution in [-0.4, -0.2) is 4.98 Å². The Morgan fingerprint density at radius 2 is 1.31 bits per heavy atom. The van der Waals surface area contributed by atoms with Crippen molar-refractivity contribution in [3.8, 4) is 0 Å². The minimum absolute atomic E-state index is 0.486. The monoisotopic (exact) mass is 431 g/mol. The van der Waals surface area contributed by atoms with Gasteiger partial charge in [0.1, 0.15) is 0 Å². The van der Waals surface area contributed by atoms with E-state index < -0.39 is 0 Å². The van der Waals surface area contributed by atoms with Crippen LogP contribution in [0.1, 0.15) is 120 Å². The third kappa shape index (κ3) is 5.64. The van der Waals surface area contributed by atoms with Gasteiger partial charge < -0.3 is 0 Å². The molecule has 2 bridgehead atoms. The van der Waals surface area contributed by atoms with Crippen LogP contribution in [0, 0.1) is 5.41 Å². The number of hydrogen-bond donors (Lipinski definition) is 0. The number of hydrogen-bond acceptors (Lipinski definition) is 1. The lowest BCUT2D eigenvalue weighted by molar-refractivity contribution is 0.0305. The van der Waals surface area contributed by atoms with Gasteiger partial charge in [0, 0.05) is 11.9 Å². The molecule has 1 aromatic heterocycles. The molecule has 1 heterocycles. The van der Waals surface area contributed by atoms with Crippen molar-refractivity contribution in [1.29, 1.82) is 0 Å². The van der Waals surface area contributed by atoms with Crippen LogP contribution in [0.15, 0.2) is 42.6 Å². The molecule has 0 radical (unpaired) electrons. The molecule has 32 heavy (non-hydrogen) atoms. The Bertz CT molecular complexity index is 792. The maximum Gasteiger partial charge on any atom is 0.0407 e. The lowest BCUT2D eigenvalue weighted by Gasteiger charge is -2.54. The number of fused-ring (bicyclic) bond motifs is 3. The van der Waals surface area contributed by atoms with Gasteiger partial charge in [-0.15, -0.1) is 0 Å². The van der Waals surface area contributed by atoms with Gasteiger partial charge in [0.2, 0.25) is 0 Å². The van der Waals surface area contributed by atoms with Crippen LogP contribution < -0.4 is 0 Å². The summed E-state index contributed by atoms with van der Waals surface area (Å²) in [5, 5.41) is 0. The van der Waals surface area contributed by atoms with Gasteiger partial charge >= 0.3 is 0 Å². The van der Waals surface area contributed by atoms with Crippen molar-refractivity contribution in [2.24, 2.45) is 5.41 Å². The minimum Gasteiger partial charge on any atom is -0.261 e. The maximum atomic E-state index is 4.73. The predicted molar refractivity (Wildman–Crippen MR) is 137 cm³/mol. The Morgan fingerprint density at radius 3 is 1.94 bits per heavy atom. The second kappa shape index (κ2) is 11.0.